The Morgan fingerprint density at radius 2 is 0.808 bits per heavy atom. The molecule has 6 saturated heterocycles. The fourth-order valence-electron chi connectivity index (χ4n) is 9.87. The molecule has 0 saturated carbocycles. The van der Waals surface area contributed by atoms with Gasteiger partial charge in [0.05, 0.1) is 45.2 Å². The van der Waals surface area contributed by atoms with E-state index in [-0.39, 0.29) is 6.61 Å². The molecule has 19 N–H and O–H groups in total. The van der Waals surface area contributed by atoms with E-state index in [2.05, 4.69) is 10.6 Å². The normalized spacial score (nSPS) is 47.3. The summed E-state index contributed by atoms with van der Waals surface area (Å²) in [5, 5.41) is 168. The van der Waals surface area contributed by atoms with Crippen molar-refractivity contribution in [3.63, 3.8) is 0 Å². The van der Waals surface area contributed by atoms with Gasteiger partial charge in [0.2, 0.25) is 11.8 Å². The highest BCUT2D eigenvalue weighted by molar-refractivity contribution is 7.99. The number of carbonyl (C=O) groups is 2. The van der Waals surface area contributed by atoms with E-state index in [1.165, 1.54) is 13.8 Å². The average molecular weight is 1160 g/mol. The molecule has 0 aromatic heterocycles. The maximum Gasteiger partial charge on any atom is 0.217 e. The summed E-state index contributed by atoms with van der Waals surface area (Å²) >= 11 is 1.55. The first-order chi connectivity index (χ1) is 37.0. The third kappa shape index (κ3) is 15.1. The number of aliphatic hydroxyl groups excluding tert-OH is 15. The second-order valence-electron chi connectivity index (χ2n) is 19.8. The number of hydrogen-bond donors (Lipinski definition) is 18. The number of aliphatic hydroxyl groups is 15. The molecule has 2 amide bonds. The summed E-state index contributed by atoms with van der Waals surface area (Å²) in [5.41, 5.74) is 5.61. The van der Waals surface area contributed by atoms with Crippen LogP contribution in [0.3, 0.4) is 0 Å². The van der Waals surface area contributed by atoms with Gasteiger partial charge in [0, 0.05) is 26.1 Å². The first kappa shape index (κ1) is 65.3. The quantitative estimate of drug-likeness (QED) is 0.0423. The second-order valence-corrected chi connectivity index (χ2v) is 21.0. The summed E-state index contributed by atoms with van der Waals surface area (Å²) in [5.74, 6) is -0.266. The number of rotatable bonds is 23. The summed E-state index contributed by atoms with van der Waals surface area (Å²) in [4.78, 5) is 26.0. The summed E-state index contributed by atoms with van der Waals surface area (Å²) < 4.78 is 72.4. The SMILES string of the molecule is CC(=O)N[C@H]1[C@H](O[C@H]2[C@@H](O)[C@@H](CO)O[C@@H](O[C@H]3[C@H](O[C@@H]4O[C@@H](C)[C@@H](O)[C@@H](O)[C@@H]4O)[C@@H](NC(C)=O)[C@H](OCCCSCCN)O[C@@H]3CO)[C@@H]2O)O[C@H](CO)[C@@H](O[C@@H]2O[C@H](CO)[C@@H](O)[C@H](O)[C@H]2O)[C@@H]1O[C@@H]1O[C@@H](C)[C@@H](O)[C@@H](O)[C@@H]1O. The van der Waals surface area contributed by atoms with Crippen molar-refractivity contribution in [1.82, 2.24) is 10.6 Å². The van der Waals surface area contributed by atoms with E-state index in [1.54, 1.807) is 11.8 Å². The van der Waals surface area contributed by atoms with Gasteiger partial charge in [-0.2, -0.15) is 11.8 Å². The van der Waals surface area contributed by atoms with Crippen molar-refractivity contribution >= 4 is 23.6 Å². The molecular weight excluding hydrogens is 1080 g/mol. The Hall–Kier alpha value is -1.83. The number of carbonyl (C=O) groups excluding carboxylic acids is 2. The summed E-state index contributed by atoms with van der Waals surface area (Å²) in [6.07, 6.45) is -49.9. The molecule has 454 valence electrons. The molecule has 6 rings (SSSR count). The highest BCUT2D eigenvalue weighted by Crippen LogP contribution is 2.38. The molecule has 6 aliphatic rings. The van der Waals surface area contributed by atoms with Crippen molar-refractivity contribution in [2.75, 3.05) is 51.1 Å². The van der Waals surface area contributed by atoms with Gasteiger partial charge in [-0.15, -0.1) is 0 Å². The molecule has 0 bridgehead atoms. The minimum atomic E-state index is -2.23. The molecule has 78 heavy (non-hydrogen) atoms. The van der Waals surface area contributed by atoms with Crippen molar-refractivity contribution in [3.05, 3.63) is 0 Å². The van der Waals surface area contributed by atoms with Crippen molar-refractivity contribution in [3.8, 4) is 0 Å². The van der Waals surface area contributed by atoms with Crippen LogP contribution in [0.1, 0.15) is 34.1 Å². The van der Waals surface area contributed by atoms with Crippen LogP contribution in [0.5, 0.6) is 0 Å². The molecule has 0 unspecified atom stereocenters. The van der Waals surface area contributed by atoms with Crippen LogP contribution in [-0.4, -0.2) is 324 Å². The Labute approximate surface area is 451 Å². The Balaban J connectivity index is 1.35. The third-order valence-corrected chi connectivity index (χ3v) is 15.2. The maximum atomic E-state index is 13.1. The van der Waals surface area contributed by atoms with Gasteiger partial charge in [0.25, 0.3) is 0 Å². The Morgan fingerprint density at radius 3 is 1.26 bits per heavy atom. The zero-order valence-electron chi connectivity index (χ0n) is 43.1. The van der Waals surface area contributed by atoms with E-state index in [0.29, 0.717) is 24.5 Å². The minimum absolute atomic E-state index is 0.0313. The lowest BCUT2D eigenvalue weighted by molar-refractivity contribution is -0.394. The van der Waals surface area contributed by atoms with Crippen molar-refractivity contribution in [1.29, 1.82) is 0 Å². The van der Waals surface area contributed by atoms with E-state index < -0.39 is 222 Å². The van der Waals surface area contributed by atoms with Crippen LogP contribution in [0.25, 0.3) is 0 Å². The fraction of sp³-hybridized carbons (Fsp3) is 0.956. The number of ether oxygens (including phenoxy) is 12. The number of nitrogens with one attached hydrogen (secondary N) is 2. The molecule has 0 radical (unpaired) electrons. The van der Waals surface area contributed by atoms with Gasteiger partial charge in [0.15, 0.2) is 37.7 Å². The van der Waals surface area contributed by atoms with Crippen LogP contribution < -0.4 is 16.4 Å². The molecule has 6 fully saturated rings. The topological polar surface area (TPSA) is 498 Å². The van der Waals surface area contributed by atoms with Crippen molar-refractivity contribution in [2.45, 2.75) is 218 Å². The van der Waals surface area contributed by atoms with Crippen LogP contribution in [-0.2, 0) is 66.4 Å². The largest absolute Gasteiger partial charge is 0.394 e. The highest BCUT2D eigenvalue weighted by Gasteiger charge is 2.59. The summed E-state index contributed by atoms with van der Waals surface area (Å²) in [7, 11) is 0. The average Bonchev–Trinajstić information content (AvgIpc) is 3.54. The molecule has 6 heterocycles. The number of thioether (sulfide) groups is 1. The van der Waals surface area contributed by atoms with Gasteiger partial charge < -0.3 is 150 Å². The molecule has 33 heteroatoms. The molecule has 32 nitrogen and oxygen atoms in total. The number of nitrogens with two attached hydrogens (primary N) is 1. The van der Waals surface area contributed by atoms with Gasteiger partial charge in [-0.3, -0.25) is 9.59 Å². The van der Waals surface area contributed by atoms with Crippen LogP contribution >= 0.6 is 11.8 Å². The van der Waals surface area contributed by atoms with Crippen LogP contribution in [0.4, 0.5) is 0 Å². The standard InChI is InChI=1S/C45H79N3O29S/c1-14-24(55)28(59)31(62)42(67-14)75-37-22(47-16(3)53)40(66-7-5-8-78-9-6-46)71-20(12-51)35(37)74-45-34(65)39(27(58)19(11-50)70-45)77-41-23(48-17(4)54)38(76-43-32(63)29(60)25(56)15(2)68-43)36(21(13-52)72-41)73-44-33(64)30(61)26(57)18(10-49)69-44/h14-15,18-45,49-52,55-65H,5-13,46H2,1-4H3,(H,47,53)(H,48,54)/t14-,15-,18+,19+,20+,21+,22+,23+,24+,25+,26+,27-,28+,29+,30-,31-,32-,33+,34+,35+,36+,37+,38+,39-,40+,41-,42-,43-,44-,45-/m0/s1. The van der Waals surface area contributed by atoms with Gasteiger partial charge in [-0.05, 0) is 26.0 Å². The van der Waals surface area contributed by atoms with E-state index in [9.17, 15) is 86.2 Å². The first-order valence-corrected chi connectivity index (χ1v) is 26.7. The molecule has 0 aromatic rings. The van der Waals surface area contributed by atoms with E-state index >= 15 is 0 Å². The molecule has 30 atom stereocenters. The van der Waals surface area contributed by atoms with Gasteiger partial charge in [0.1, 0.15) is 134 Å². The zero-order chi connectivity index (χ0) is 57.4. The second kappa shape index (κ2) is 29.6. The van der Waals surface area contributed by atoms with Gasteiger partial charge >= 0.3 is 0 Å². The van der Waals surface area contributed by atoms with E-state index in [1.807, 2.05) is 0 Å². The van der Waals surface area contributed by atoms with E-state index in [4.69, 9.17) is 62.6 Å². The van der Waals surface area contributed by atoms with Crippen LogP contribution in [0.2, 0.25) is 0 Å². The smallest absolute Gasteiger partial charge is 0.217 e. The zero-order valence-corrected chi connectivity index (χ0v) is 43.9. The number of hydrogen-bond acceptors (Lipinski definition) is 31. The Bertz CT molecular complexity index is 1850. The summed E-state index contributed by atoms with van der Waals surface area (Å²) in [6.45, 7) is 1.45. The van der Waals surface area contributed by atoms with Crippen LogP contribution in [0, 0.1) is 0 Å². The fourth-order valence-corrected chi connectivity index (χ4v) is 10.6. The molecule has 0 aromatic carbocycles. The lowest BCUT2D eigenvalue weighted by atomic mass is 9.93. The third-order valence-electron chi connectivity index (χ3n) is 14.1. The summed E-state index contributed by atoms with van der Waals surface area (Å²) in [6, 6.07) is -3.23. The highest BCUT2D eigenvalue weighted by atomic mass is 32.2. The lowest BCUT2D eigenvalue weighted by Gasteiger charge is -2.52. The molecule has 0 spiro atoms. The molecule has 6 aliphatic heterocycles. The first-order valence-electron chi connectivity index (χ1n) is 25.6. The van der Waals surface area contributed by atoms with Crippen molar-refractivity contribution in [2.24, 2.45) is 5.73 Å². The lowest BCUT2D eigenvalue weighted by Crippen LogP contribution is -2.71. The Kier molecular flexibility index (Phi) is 24.8. The Morgan fingerprint density at radius 1 is 0.436 bits per heavy atom. The van der Waals surface area contributed by atoms with Crippen LogP contribution in [0.15, 0.2) is 0 Å². The predicted molar refractivity (Wildman–Crippen MR) is 254 cm³/mol. The predicted octanol–water partition coefficient (Wildman–Crippen LogP) is -10.7. The monoisotopic (exact) mass is 1160 g/mol. The van der Waals surface area contributed by atoms with Crippen molar-refractivity contribution < 1.29 is 143 Å². The molecular formula is C45H79N3O29S. The maximum absolute atomic E-state index is 13.1. The van der Waals surface area contributed by atoms with Gasteiger partial charge in [-0.25, -0.2) is 0 Å². The van der Waals surface area contributed by atoms with E-state index in [0.717, 1.165) is 13.8 Å². The number of amides is 2. The van der Waals surface area contributed by atoms with Gasteiger partial charge in [-0.1, -0.05) is 0 Å². The molecule has 0 aliphatic carbocycles. The minimum Gasteiger partial charge on any atom is -0.394 e.